The Hall–Kier alpha value is -1.35. The first-order chi connectivity index (χ1) is 7.66. The van der Waals surface area contributed by atoms with E-state index in [0.717, 1.165) is 5.69 Å². The zero-order chi connectivity index (χ0) is 11.5. The van der Waals surface area contributed by atoms with Crippen molar-refractivity contribution in [1.82, 2.24) is 0 Å². The molecule has 1 atom stereocenters. The number of amides is 1. The number of hydrogen-bond donors (Lipinski definition) is 2. The van der Waals surface area contributed by atoms with E-state index in [4.69, 9.17) is 5.73 Å². The lowest BCUT2D eigenvalue weighted by Crippen LogP contribution is -2.26. The molecule has 1 aliphatic rings. The average molecular weight is 218 g/mol. The van der Waals surface area contributed by atoms with E-state index in [-0.39, 0.29) is 11.9 Å². The summed E-state index contributed by atoms with van der Waals surface area (Å²) in [5.74, 6) is 0.600. The van der Waals surface area contributed by atoms with Crippen LogP contribution >= 0.6 is 0 Å². The van der Waals surface area contributed by atoms with Crippen LogP contribution in [-0.4, -0.2) is 5.91 Å². The van der Waals surface area contributed by atoms with Crippen molar-refractivity contribution < 1.29 is 4.79 Å². The lowest BCUT2D eigenvalue weighted by atomic mass is 9.77. The molecule has 3 nitrogen and oxygen atoms in total. The van der Waals surface area contributed by atoms with Crippen LogP contribution in [0.3, 0.4) is 0 Å². The highest BCUT2D eigenvalue weighted by atomic mass is 16.1. The van der Waals surface area contributed by atoms with Gasteiger partial charge in [-0.05, 0) is 36.5 Å². The van der Waals surface area contributed by atoms with Gasteiger partial charge in [0.1, 0.15) is 0 Å². The van der Waals surface area contributed by atoms with Gasteiger partial charge in [0, 0.05) is 18.7 Å². The zero-order valence-electron chi connectivity index (χ0n) is 9.57. The van der Waals surface area contributed by atoms with E-state index in [2.05, 4.69) is 5.32 Å². The van der Waals surface area contributed by atoms with Gasteiger partial charge in [-0.1, -0.05) is 18.6 Å². The number of anilines is 1. The summed E-state index contributed by atoms with van der Waals surface area (Å²) in [6.07, 6.45) is 3.80. The smallest absolute Gasteiger partial charge is 0.221 e. The molecule has 1 aromatic carbocycles. The molecule has 2 rings (SSSR count). The summed E-state index contributed by atoms with van der Waals surface area (Å²) in [6, 6.07) is 7.99. The van der Waals surface area contributed by atoms with Gasteiger partial charge in [-0.15, -0.1) is 0 Å². The molecule has 0 spiro atoms. The van der Waals surface area contributed by atoms with E-state index in [1.54, 1.807) is 0 Å². The number of hydrogen-bond acceptors (Lipinski definition) is 2. The second kappa shape index (κ2) is 4.66. The Bertz CT molecular complexity index is 368. The van der Waals surface area contributed by atoms with Crippen molar-refractivity contribution in [2.75, 3.05) is 5.32 Å². The first-order valence-corrected chi connectivity index (χ1v) is 5.80. The summed E-state index contributed by atoms with van der Waals surface area (Å²) in [6.45, 7) is 1.51. The van der Waals surface area contributed by atoms with Crippen LogP contribution in [0.4, 0.5) is 5.69 Å². The summed E-state index contributed by atoms with van der Waals surface area (Å²) in [4.78, 5) is 10.9. The van der Waals surface area contributed by atoms with Gasteiger partial charge in [0.05, 0.1) is 0 Å². The number of benzene rings is 1. The van der Waals surface area contributed by atoms with Gasteiger partial charge in [0.2, 0.25) is 5.91 Å². The molecule has 16 heavy (non-hydrogen) atoms. The molecule has 0 heterocycles. The first-order valence-electron chi connectivity index (χ1n) is 5.80. The van der Waals surface area contributed by atoms with Crippen molar-refractivity contribution in [3.63, 3.8) is 0 Å². The zero-order valence-corrected chi connectivity index (χ0v) is 9.57. The maximum absolute atomic E-state index is 10.9. The van der Waals surface area contributed by atoms with Crippen LogP contribution in [0.5, 0.6) is 0 Å². The second-order valence-electron chi connectivity index (χ2n) is 4.52. The lowest BCUT2D eigenvalue weighted by molar-refractivity contribution is -0.114. The largest absolute Gasteiger partial charge is 0.326 e. The van der Waals surface area contributed by atoms with Crippen molar-refractivity contribution in [3.05, 3.63) is 29.8 Å². The normalized spacial score (nSPS) is 17.6. The summed E-state index contributed by atoms with van der Waals surface area (Å²) >= 11 is 0. The molecule has 0 aliphatic heterocycles. The van der Waals surface area contributed by atoms with Crippen molar-refractivity contribution in [1.29, 1.82) is 0 Å². The Balaban J connectivity index is 2.03. The van der Waals surface area contributed by atoms with Gasteiger partial charge >= 0.3 is 0 Å². The molecular formula is C13H18N2O. The first kappa shape index (κ1) is 11.1. The minimum Gasteiger partial charge on any atom is -0.326 e. The summed E-state index contributed by atoms with van der Waals surface area (Å²) < 4.78 is 0. The molecule has 0 unspecified atom stereocenters. The van der Waals surface area contributed by atoms with Crippen molar-refractivity contribution in [2.24, 2.45) is 11.7 Å². The molecule has 86 valence electrons. The minimum atomic E-state index is -0.0453. The fraction of sp³-hybridized carbons (Fsp3) is 0.462. The molecule has 3 N–H and O–H groups in total. The van der Waals surface area contributed by atoms with Crippen molar-refractivity contribution in [2.45, 2.75) is 32.2 Å². The molecule has 0 saturated heterocycles. The van der Waals surface area contributed by atoms with E-state index in [0.29, 0.717) is 5.92 Å². The van der Waals surface area contributed by atoms with Gasteiger partial charge in [-0.25, -0.2) is 0 Å². The number of carbonyl (C=O) groups excluding carboxylic acids is 1. The van der Waals surface area contributed by atoms with E-state index >= 15 is 0 Å². The molecule has 1 amide bonds. The molecule has 3 heteroatoms. The van der Waals surface area contributed by atoms with E-state index in [1.807, 2.05) is 24.3 Å². The molecule has 1 aliphatic carbocycles. The van der Waals surface area contributed by atoms with E-state index < -0.39 is 0 Å². The third-order valence-corrected chi connectivity index (χ3v) is 3.27. The fourth-order valence-corrected chi connectivity index (χ4v) is 2.06. The molecule has 0 aromatic heterocycles. The number of nitrogens with one attached hydrogen (secondary N) is 1. The monoisotopic (exact) mass is 218 g/mol. The van der Waals surface area contributed by atoms with E-state index in [1.165, 1.54) is 31.7 Å². The third kappa shape index (κ3) is 2.42. The predicted molar refractivity (Wildman–Crippen MR) is 65.0 cm³/mol. The molecule has 1 fully saturated rings. The third-order valence-electron chi connectivity index (χ3n) is 3.27. The molecular weight excluding hydrogens is 200 g/mol. The SMILES string of the molecule is CC(=O)Nc1ccc([C@H](N)C2CCC2)cc1. The Kier molecular flexibility index (Phi) is 3.25. The quantitative estimate of drug-likeness (QED) is 0.818. The van der Waals surface area contributed by atoms with Crippen molar-refractivity contribution >= 4 is 11.6 Å². The lowest BCUT2D eigenvalue weighted by Gasteiger charge is -2.31. The highest BCUT2D eigenvalue weighted by molar-refractivity contribution is 5.88. The Labute approximate surface area is 96.0 Å². The number of carbonyl (C=O) groups is 1. The van der Waals surface area contributed by atoms with Crippen LogP contribution in [0.15, 0.2) is 24.3 Å². The predicted octanol–water partition coefficient (Wildman–Crippen LogP) is 2.44. The van der Waals surface area contributed by atoms with Crippen LogP contribution in [0.2, 0.25) is 0 Å². The summed E-state index contributed by atoms with van der Waals surface area (Å²) in [7, 11) is 0. The number of nitrogens with two attached hydrogens (primary N) is 1. The maximum atomic E-state index is 10.9. The topological polar surface area (TPSA) is 55.1 Å². The summed E-state index contributed by atoms with van der Waals surface area (Å²) in [5, 5.41) is 2.75. The van der Waals surface area contributed by atoms with Crippen LogP contribution in [0.25, 0.3) is 0 Å². The highest BCUT2D eigenvalue weighted by Gasteiger charge is 2.25. The van der Waals surface area contributed by atoms with Crippen LogP contribution < -0.4 is 11.1 Å². The van der Waals surface area contributed by atoms with Crippen LogP contribution in [-0.2, 0) is 4.79 Å². The van der Waals surface area contributed by atoms with Gasteiger partial charge in [-0.2, -0.15) is 0 Å². The van der Waals surface area contributed by atoms with E-state index in [9.17, 15) is 4.79 Å². The molecule has 0 bridgehead atoms. The van der Waals surface area contributed by atoms with Crippen LogP contribution in [0, 0.1) is 5.92 Å². The van der Waals surface area contributed by atoms with Gasteiger partial charge < -0.3 is 11.1 Å². The highest BCUT2D eigenvalue weighted by Crippen LogP contribution is 2.36. The maximum Gasteiger partial charge on any atom is 0.221 e. The molecule has 1 saturated carbocycles. The standard InChI is InChI=1S/C13H18N2O/c1-9(16)15-12-7-5-11(6-8-12)13(14)10-3-2-4-10/h5-8,10,13H,2-4,14H2,1H3,(H,15,16)/t13-/m1/s1. The molecule has 0 radical (unpaired) electrons. The Morgan fingerprint density at radius 2 is 2.00 bits per heavy atom. The van der Waals surface area contributed by atoms with Gasteiger partial charge in [0.15, 0.2) is 0 Å². The second-order valence-corrected chi connectivity index (χ2v) is 4.52. The van der Waals surface area contributed by atoms with Gasteiger partial charge in [-0.3, -0.25) is 4.79 Å². The Morgan fingerprint density at radius 3 is 2.44 bits per heavy atom. The minimum absolute atomic E-state index is 0.0453. The summed E-state index contributed by atoms with van der Waals surface area (Å²) in [5.41, 5.74) is 8.16. The van der Waals surface area contributed by atoms with Crippen LogP contribution in [0.1, 0.15) is 37.8 Å². The van der Waals surface area contributed by atoms with Crippen molar-refractivity contribution in [3.8, 4) is 0 Å². The average Bonchev–Trinajstić information content (AvgIpc) is 2.15. The number of rotatable bonds is 3. The molecule has 1 aromatic rings. The van der Waals surface area contributed by atoms with Gasteiger partial charge in [0.25, 0.3) is 0 Å². The fourth-order valence-electron chi connectivity index (χ4n) is 2.06. The Morgan fingerprint density at radius 1 is 1.38 bits per heavy atom.